The standard InChI is InChI=1S/C30H38F3N5O8S/c31-30(32,33)12-15-45-28(42)35-23-7-5-3-1-2-4-6-19-17-29(19,27(41)37-47(43,44)22-8-9-22)36-25(39)24-16-21(18-38(24)26(23)40)46-20-10-13-34-14-11-20/h4,6,10-11,13-14,19,21-24H,1-3,5,7-9,12,15-18H2,(H,35,42)(H,36,39)(H,37,41)/b6-4+/t19-,21-,23+,24+,29-/m1/s1. The second-order valence-corrected chi connectivity index (χ2v) is 14.3. The van der Waals surface area contributed by atoms with Crippen LogP contribution in [-0.4, -0.2) is 90.4 Å². The molecule has 2 aliphatic carbocycles. The highest BCUT2D eigenvalue weighted by Crippen LogP contribution is 2.46. The topological polar surface area (TPSA) is 173 Å². The van der Waals surface area contributed by atoms with E-state index in [2.05, 4.69) is 20.3 Å². The van der Waals surface area contributed by atoms with Crippen LogP contribution in [-0.2, 0) is 29.1 Å². The number of aromatic nitrogens is 1. The zero-order chi connectivity index (χ0) is 33.8. The molecule has 2 saturated carbocycles. The Balaban J connectivity index is 1.39. The van der Waals surface area contributed by atoms with Gasteiger partial charge in [0.15, 0.2) is 0 Å². The summed E-state index contributed by atoms with van der Waals surface area (Å²) in [7, 11) is -3.91. The lowest BCUT2D eigenvalue weighted by molar-refractivity contribution is -0.142. The Kier molecular flexibility index (Phi) is 10.3. The fraction of sp³-hybridized carbons (Fsp3) is 0.633. The maximum absolute atomic E-state index is 14.0. The minimum Gasteiger partial charge on any atom is -0.488 e. The highest BCUT2D eigenvalue weighted by Gasteiger charge is 2.62. The number of carbonyl (C=O) groups excluding carboxylic acids is 4. The van der Waals surface area contributed by atoms with Crippen LogP contribution in [0.4, 0.5) is 18.0 Å². The van der Waals surface area contributed by atoms with E-state index in [0.29, 0.717) is 44.3 Å². The first kappa shape index (κ1) is 34.4. The van der Waals surface area contributed by atoms with Gasteiger partial charge in [-0.3, -0.25) is 24.1 Å². The molecule has 5 rings (SSSR count). The molecule has 3 heterocycles. The van der Waals surface area contributed by atoms with E-state index < -0.39 is 87.9 Å². The molecule has 0 aromatic carbocycles. The van der Waals surface area contributed by atoms with Crippen LogP contribution in [0.3, 0.4) is 0 Å². The van der Waals surface area contributed by atoms with Crippen LogP contribution in [0, 0.1) is 5.92 Å². The first-order chi connectivity index (χ1) is 22.3. The molecule has 1 aromatic heterocycles. The molecule has 17 heteroatoms. The van der Waals surface area contributed by atoms with Gasteiger partial charge in [-0.1, -0.05) is 25.0 Å². The van der Waals surface area contributed by atoms with Crippen LogP contribution in [0.25, 0.3) is 0 Å². The van der Waals surface area contributed by atoms with Gasteiger partial charge in [0.25, 0.3) is 5.91 Å². The third-order valence-electron chi connectivity index (χ3n) is 8.71. The number of allylic oxidation sites excluding steroid dienone is 1. The molecule has 1 aromatic rings. The van der Waals surface area contributed by atoms with Crippen molar-refractivity contribution in [3.05, 3.63) is 36.7 Å². The first-order valence-corrected chi connectivity index (χ1v) is 17.2. The molecule has 2 aliphatic heterocycles. The predicted molar refractivity (Wildman–Crippen MR) is 159 cm³/mol. The summed E-state index contributed by atoms with van der Waals surface area (Å²) in [6, 6.07) is 0.791. The quantitative estimate of drug-likeness (QED) is 0.348. The van der Waals surface area contributed by atoms with Crippen LogP contribution >= 0.6 is 0 Å². The number of amides is 4. The monoisotopic (exact) mass is 685 g/mol. The number of halogens is 3. The molecular weight excluding hydrogens is 647 g/mol. The average molecular weight is 686 g/mol. The molecule has 13 nitrogen and oxygen atoms in total. The highest BCUT2D eigenvalue weighted by atomic mass is 32.2. The number of fused-ring (bicyclic) bond motifs is 2. The highest BCUT2D eigenvalue weighted by molar-refractivity contribution is 7.91. The number of alkyl carbamates (subject to hydrolysis) is 1. The molecule has 0 radical (unpaired) electrons. The van der Waals surface area contributed by atoms with Crippen LogP contribution in [0.1, 0.15) is 64.2 Å². The van der Waals surface area contributed by atoms with Crippen LogP contribution < -0.4 is 20.1 Å². The van der Waals surface area contributed by atoms with Gasteiger partial charge in [0.1, 0.15) is 36.1 Å². The minimum absolute atomic E-state index is 0.00121. The summed E-state index contributed by atoms with van der Waals surface area (Å²) in [5.74, 6) is -2.28. The van der Waals surface area contributed by atoms with E-state index in [1.54, 1.807) is 18.2 Å². The summed E-state index contributed by atoms with van der Waals surface area (Å²) in [6.07, 6.45) is 2.46. The van der Waals surface area contributed by atoms with Gasteiger partial charge in [-0.25, -0.2) is 13.2 Å². The van der Waals surface area contributed by atoms with Gasteiger partial charge >= 0.3 is 12.3 Å². The molecule has 4 amide bonds. The number of sulfonamides is 1. The largest absolute Gasteiger partial charge is 0.488 e. The smallest absolute Gasteiger partial charge is 0.407 e. The lowest BCUT2D eigenvalue weighted by Gasteiger charge is -2.29. The number of pyridine rings is 1. The summed E-state index contributed by atoms with van der Waals surface area (Å²) in [4.78, 5) is 59.1. The van der Waals surface area contributed by atoms with Crippen molar-refractivity contribution < 1.29 is 50.2 Å². The SMILES string of the molecule is O=C(N[C@H]1CCCCC/C=C/[C@@H]2C[C@@]2(C(=O)NS(=O)(=O)C2CC2)NC(=O)[C@@H]2C[C@@H](Oc3ccncc3)CN2C1=O)OCCC(F)(F)F. The Morgan fingerprint density at radius 1 is 1.11 bits per heavy atom. The first-order valence-electron chi connectivity index (χ1n) is 15.7. The van der Waals surface area contributed by atoms with Crippen LogP contribution in [0.15, 0.2) is 36.7 Å². The Labute approximate surface area is 270 Å². The van der Waals surface area contributed by atoms with E-state index in [-0.39, 0.29) is 25.8 Å². The summed E-state index contributed by atoms with van der Waals surface area (Å²) < 4.78 is 75.9. The zero-order valence-electron chi connectivity index (χ0n) is 25.5. The average Bonchev–Trinajstić information content (AvgIpc) is 3.92. The van der Waals surface area contributed by atoms with Crippen molar-refractivity contribution in [2.75, 3.05) is 13.2 Å². The molecular formula is C30H38F3N5O8S. The number of carbonyl (C=O) groups is 4. The number of ether oxygens (including phenoxy) is 2. The number of nitrogens with zero attached hydrogens (tertiary/aromatic N) is 2. The van der Waals surface area contributed by atoms with E-state index in [4.69, 9.17) is 9.47 Å². The number of hydrogen-bond donors (Lipinski definition) is 3. The molecule has 4 aliphatic rings. The third-order valence-corrected chi connectivity index (χ3v) is 10.5. The van der Waals surface area contributed by atoms with Crippen molar-refractivity contribution in [2.45, 2.75) is 99.4 Å². The summed E-state index contributed by atoms with van der Waals surface area (Å²) in [6.45, 7) is -1.01. The molecule has 3 fully saturated rings. The molecule has 0 unspecified atom stereocenters. The van der Waals surface area contributed by atoms with Crippen molar-refractivity contribution in [2.24, 2.45) is 5.92 Å². The van der Waals surface area contributed by atoms with Crippen LogP contribution in [0.5, 0.6) is 5.75 Å². The van der Waals surface area contributed by atoms with Gasteiger partial charge in [-0.15, -0.1) is 0 Å². The van der Waals surface area contributed by atoms with Gasteiger partial charge in [0.2, 0.25) is 21.8 Å². The number of rotatable bonds is 8. The number of hydrogen-bond acceptors (Lipinski definition) is 9. The molecule has 258 valence electrons. The van der Waals surface area contributed by atoms with Gasteiger partial charge in [-0.05, 0) is 50.7 Å². The number of nitrogens with one attached hydrogen (secondary N) is 3. The summed E-state index contributed by atoms with van der Waals surface area (Å²) >= 11 is 0. The fourth-order valence-corrected chi connectivity index (χ4v) is 7.26. The maximum atomic E-state index is 14.0. The van der Waals surface area contributed by atoms with Gasteiger partial charge < -0.3 is 25.0 Å². The normalized spacial score (nSPS) is 29.2. The molecule has 0 bridgehead atoms. The van der Waals surface area contributed by atoms with Crippen molar-refractivity contribution in [1.82, 2.24) is 25.2 Å². The van der Waals surface area contributed by atoms with Crippen molar-refractivity contribution >= 4 is 33.8 Å². The van der Waals surface area contributed by atoms with Crippen LogP contribution in [0.2, 0.25) is 0 Å². The molecule has 0 spiro atoms. The Morgan fingerprint density at radius 2 is 1.85 bits per heavy atom. The third kappa shape index (κ3) is 8.93. The van der Waals surface area contributed by atoms with Gasteiger partial charge in [-0.2, -0.15) is 13.2 Å². The molecule has 1 saturated heterocycles. The lowest BCUT2D eigenvalue weighted by Crippen LogP contribution is -2.58. The Morgan fingerprint density at radius 3 is 2.55 bits per heavy atom. The second-order valence-electron chi connectivity index (χ2n) is 12.4. The summed E-state index contributed by atoms with van der Waals surface area (Å²) in [5, 5.41) is 4.47. The van der Waals surface area contributed by atoms with Crippen molar-refractivity contribution in [3.8, 4) is 5.75 Å². The van der Waals surface area contributed by atoms with Crippen molar-refractivity contribution in [1.29, 1.82) is 0 Å². The Hall–Kier alpha value is -3.89. The fourth-order valence-electron chi connectivity index (χ4n) is 5.90. The van der Waals surface area contributed by atoms with E-state index in [9.17, 15) is 40.8 Å². The predicted octanol–water partition coefficient (Wildman–Crippen LogP) is 2.48. The second kappa shape index (κ2) is 14.1. The van der Waals surface area contributed by atoms with E-state index in [1.165, 1.54) is 17.3 Å². The van der Waals surface area contributed by atoms with Crippen molar-refractivity contribution in [3.63, 3.8) is 0 Å². The number of alkyl halides is 3. The van der Waals surface area contributed by atoms with Gasteiger partial charge in [0, 0.05) is 24.7 Å². The molecule has 5 atom stereocenters. The maximum Gasteiger partial charge on any atom is 0.407 e. The summed E-state index contributed by atoms with van der Waals surface area (Å²) in [5.41, 5.74) is -1.55. The Bertz CT molecular complexity index is 1470. The van der Waals surface area contributed by atoms with Gasteiger partial charge in [0.05, 0.1) is 18.2 Å². The lowest BCUT2D eigenvalue weighted by atomic mass is 10.1. The zero-order valence-corrected chi connectivity index (χ0v) is 26.4. The van der Waals surface area contributed by atoms with E-state index >= 15 is 0 Å². The molecule has 47 heavy (non-hydrogen) atoms. The minimum atomic E-state index is -4.54. The molecule has 3 N–H and O–H groups in total. The van der Waals surface area contributed by atoms with E-state index in [1.807, 2.05) is 6.08 Å². The van der Waals surface area contributed by atoms with E-state index in [0.717, 1.165) is 0 Å².